The molecule has 1 aliphatic carbocycles. The lowest BCUT2D eigenvalue weighted by Crippen LogP contribution is -1.85. The zero-order valence-corrected chi connectivity index (χ0v) is 9.66. The minimum absolute atomic E-state index is 1.32. The molecule has 0 aromatic heterocycles. The third-order valence-electron chi connectivity index (χ3n) is 2.00. The van der Waals surface area contributed by atoms with Crippen LogP contribution in [0.1, 0.15) is 79.1 Å². The highest BCUT2D eigenvalue weighted by atomic mass is 14.0. The van der Waals surface area contributed by atoms with E-state index in [0.29, 0.717) is 0 Å². The maximum Gasteiger partial charge on any atom is -0.0533 e. The Bertz CT molecular complexity index is 32.0. The highest BCUT2D eigenvalue weighted by Gasteiger charge is 1.95. The Hall–Kier alpha value is 0. The first-order valence-corrected chi connectivity index (χ1v) is 5.83. The molecule has 0 nitrogen and oxygen atoms in total. The Morgan fingerprint density at radius 2 is 0.667 bits per heavy atom. The molecule has 1 aliphatic rings. The first-order chi connectivity index (χ1) is 5.83. The molecule has 0 radical (unpaired) electrons. The van der Waals surface area contributed by atoms with Crippen LogP contribution in [0.25, 0.3) is 0 Å². The molecule has 0 N–H and O–H groups in total. The van der Waals surface area contributed by atoms with Crippen LogP contribution in [-0.2, 0) is 0 Å². The van der Waals surface area contributed by atoms with Gasteiger partial charge in [0.05, 0.1) is 0 Å². The molecular formula is C12H28. The Labute approximate surface area is 79.8 Å². The second-order valence-corrected chi connectivity index (χ2v) is 3.41. The molecular weight excluding hydrogens is 144 g/mol. The van der Waals surface area contributed by atoms with Gasteiger partial charge in [0, 0.05) is 0 Å². The maximum atomic E-state index is 2.18. The summed E-state index contributed by atoms with van der Waals surface area (Å²) in [5.74, 6) is 0. The van der Waals surface area contributed by atoms with Gasteiger partial charge in [-0.25, -0.2) is 0 Å². The van der Waals surface area contributed by atoms with Gasteiger partial charge in [0.2, 0.25) is 0 Å². The molecule has 0 atom stereocenters. The zero-order chi connectivity index (χ0) is 9.66. The van der Waals surface area contributed by atoms with Gasteiger partial charge in [0.1, 0.15) is 0 Å². The van der Waals surface area contributed by atoms with Crippen LogP contribution in [0.5, 0.6) is 0 Å². The summed E-state index contributed by atoms with van der Waals surface area (Å²) in [6, 6.07) is 0. The molecule has 1 rings (SSSR count). The fourth-order valence-corrected chi connectivity index (χ4v) is 0.250. The molecule has 0 aliphatic heterocycles. The second kappa shape index (κ2) is 17.2. The summed E-state index contributed by atoms with van der Waals surface area (Å²) in [6.45, 7) is 8.72. The van der Waals surface area contributed by atoms with Crippen molar-refractivity contribution in [1.29, 1.82) is 0 Å². The van der Waals surface area contributed by atoms with Crippen molar-refractivity contribution in [3.63, 3.8) is 0 Å². The van der Waals surface area contributed by atoms with E-state index >= 15 is 0 Å². The molecule has 0 saturated heterocycles. The maximum absolute atomic E-state index is 2.18. The van der Waals surface area contributed by atoms with Crippen LogP contribution in [0.15, 0.2) is 0 Å². The molecule has 76 valence electrons. The van der Waals surface area contributed by atoms with Gasteiger partial charge in [0.15, 0.2) is 0 Å². The molecule has 1 saturated carbocycles. The first-order valence-electron chi connectivity index (χ1n) is 5.83. The van der Waals surface area contributed by atoms with Crippen LogP contribution in [0.4, 0.5) is 0 Å². The van der Waals surface area contributed by atoms with Gasteiger partial charge in [0.25, 0.3) is 0 Å². The summed E-state index contributed by atoms with van der Waals surface area (Å²) in [7, 11) is 0. The second-order valence-electron chi connectivity index (χ2n) is 3.41. The van der Waals surface area contributed by atoms with E-state index in [1.54, 1.807) is 0 Å². The molecule has 12 heavy (non-hydrogen) atoms. The van der Waals surface area contributed by atoms with E-state index in [-0.39, 0.29) is 0 Å². The SMILES string of the molecule is C1CCC1.CCCC.CCCC. The van der Waals surface area contributed by atoms with Gasteiger partial charge in [-0.1, -0.05) is 79.1 Å². The van der Waals surface area contributed by atoms with Crippen LogP contribution in [0.3, 0.4) is 0 Å². The summed E-state index contributed by atoms with van der Waals surface area (Å²) in [4.78, 5) is 0. The van der Waals surface area contributed by atoms with Crippen molar-refractivity contribution in [2.45, 2.75) is 79.1 Å². The smallest absolute Gasteiger partial charge is 0.0533 e. The van der Waals surface area contributed by atoms with E-state index in [0.717, 1.165) is 0 Å². The average molecular weight is 172 g/mol. The molecule has 0 bridgehead atoms. The van der Waals surface area contributed by atoms with E-state index in [9.17, 15) is 0 Å². The molecule has 0 amide bonds. The lowest BCUT2D eigenvalue weighted by molar-refractivity contribution is 0.504. The fraction of sp³-hybridized carbons (Fsp3) is 1.00. The largest absolute Gasteiger partial charge is 0.0654 e. The third-order valence-corrected chi connectivity index (χ3v) is 2.00. The highest BCUT2D eigenvalue weighted by molar-refractivity contribution is 4.50. The van der Waals surface area contributed by atoms with E-state index in [1.165, 1.54) is 51.4 Å². The van der Waals surface area contributed by atoms with Crippen molar-refractivity contribution in [2.24, 2.45) is 0 Å². The molecule has 0 heterocycles. The number of rotatable bonds is 2. The Morgan fingerprint density at radius 3 is 0.667 bits per heavy atom. The number of hydrogen-bond donors (Lipinski definition) is 0. The van der Waals surface area contributed by atoms with Gasteiger partial charge >= 0.3 is 0 Å². The van der Waals surface area contributed by atoms with Gasteiger partial charge in [-0.15, -0.1) is 0 Å². The van der Waals surface area contributed by atoms with Crippen LogP contribution < -0.4 is 0 Å². The van der Waals surface area contributed by atoms with Gasteiger partial charge in [-0.3, -0.25) is 0 Å². The minimum atomic E-state index is 1.32. The number of unbranched alkanes of at least 4 members (excludes halogenated alkanes) is 2. The first kappa shape index (κ1) is 14.5. The van der Waals surface area contributed by atoms with Crippen molar-refractivity contribution in [3.05, 3.63) is 0 Å². The van der Waals surface area contributed by atoms with Gasteiger partial charge in [-0.2, -0.15) is 0 Å². The summed E-state index contributed by atoms with van der Waals surface area (Å²) < 4.78 is 0. The predicted molar refractivity (Wildman–Crippen MR) is 59.6 cm³/mol. The van der Waals surface area contributed by atoms with Crippen LogP contribution >= 0.6 is 0 Å². The lowest BCUT2D eigenvalue weighted by atomic mass is 10.0. The molecule has 1 fully saturated rings. The fourth-order valence-electron chi connectivity index (χ4n) is 0.250. The van der Waals surface area contributed by atoms with E-state index < -0.39 is 0 Å². The predicted octanol–water partition coefficient (Wildman–Crippen LogP) is 5.17. The summed E-state index contributed by atoms with van der Waals surface area (Å²) in [5, 5.41) is 0. The Balaban J connectivity index is 0. The van der Waals surface area contributed by atoms with Crippen molar-refractivity contribution in [1.82, 2.24) is 0 Å². The zero-order valence-electron chi connectivity index (χ0n) is 9.66. The quantitative estimate of drug-likeness (QED) is 0.539. The van der Waals surface area contributed by atoms with Crippen LogP contribution in [-0.4, -0.2) is 0 Å². The monoisotopic (exact) mass is 172 g/mol. The van der Waals surface area contributed by atoms with Crippen molar-refractivity contribution >= 4 is 0 Å². The lowest BCUT2D eigenvalue weighted by Gasteiger charge is -2.05. The highest BCUT2D eigenvalue weighted by Crippen LogP contribution is 2.15. The summed E-state index contributed by atoms with van der Waals surface area (Å²) >= 11 is 0. The van der Waals surface area contributed by atoms with Crippen LogP contribution in [0, 0.1) is 0 Å². The van der Waals surface area contributed by atoms with Gasteiger partial charge in [-0.05, 0) is 0 Å². The normalized spacial score (nSPS) is 13.0. The molecule has 0 aromatic carbocycles. The minimum Gasteiger partial charge on any atom is -0.0654 e. The van der Waals surface area contributed by atoms with E-state index in [2.05, 4.69) is 27.7 Å². The molecule has 0 heteroatoms. The summed E-state index contributed by atoms with van der Waals surface area (Å²) in [5.41, 5.74) is 0. The number of hydrogen-bond acceptors (Lipinski definition) is 0. The van der Waals surface area contributed by atoms with E-state index in [1.807, 2.05) is 0 Å². The van der Waals surface area contributed by atoms with E-state index in [4.69, 9.17) is 0 Å². The van der Waals surface area contributed by atoms with Crippen molar-refractivity contribution in [2.75, 3.05) is 0 Å². The Kier molecular flexibility index (Phi) is 20.8. The average Bonchev–Trinajstić information content (AvgIpc) is 2.01. The standard InChI is InChI=1S/C4H8.2C4H10/c1-2-4-3-1;2*1-3-4-2/h1-4H2;2*3-4H2,1-2H3. The Morgan fingerprint density at radius 1 is 0.500 bits per heavy atom. The molecule has 0 spiro atoms. The molecule has 0 aromatic rings. The van der Waals surface area contributed by atoms with Crippen molar-refractivity contribution in [3.8, 4) is 0 Å². The van der Waals surface area contributed by atoms with Gasteiger partial charge < -0.3 is 0 Å². The third kappa shape index (κ3) is 22.5. The summed E-state index contributed by atoms with van der Waals surface area (Å²) in [6.07, 6.45) is 11.3. The van der Waals surface area contributed by atoms with Crippen molar-refractivity contribution < 1.29 is 0 Å². The topological polar surface area (TPSA) is 0 Å². The molecule has 0 unspecified atom stereocenters. The van der Waals surface area contributed by atoms with Crippen LogP contribution in [0.2, 0.25) is 0 Å².